The molecule has 0 saturated carbocycles. The number of benzene rings is 2. The number of nitrogens with zero attached hydrogens (tertiary/aromatic N) is 3. The third-order valence-corrected chi connectivity index (χ3v) is 2.92. The molecule has 2 aromatic carbocycles. The zero-order valence-corrected chi connectivity index (χ0v) is 10.4. The van der Waals surface area contributed by atoms with Gasteiger partial charge >= 0.3 is 0 Å². The molecule has 1 aromatic heterocycles. The van der Waals surface area contributed by atoms with Crippen LogP contribution in [0, 0.1) is 0 Å². The van der Waals surface area contributed by atoms with Gasteiger partial charge in [-0.25, -0.2) is 4.98 Å². The van der Waals surface area contributed by atoms with Gasteiger partial charge in [-0.3, -0.25) is 0 Å². The molecule has 3 rings (SSSR count). The summed E-state index contributed by atoms with van der Waals surface area (Å²) in [5.41, 5.74) is 7.22. The van der Waals surface area contributed by atoms with E-state index in [1.54, 1.807) is 13.3 Å². The second kappa shape index (κ2) is 4.53. The van der Waals surface area contributed by atoms with Gasteiger partial charge in [0.1, 0.15) is 5.75 Å². The van der Waals surface area contributed by atoms with Crippen molar-refractivity contribution in [3.63, 3.8) is 0 Å². The van der Waals surface area contributed by atoms with Gasteiger partial charge in [0.15, 0.2) is 0 Å². The van der Waals surface area contributed by atoms with E-state index in [2.05, 4.69) is 15.2 Å². The zero-order chi connectivity index (χ0) is 13.2. The molecule has 94 valence electrons. The third kappa shape index (κ3) is 2.18. The van der Waals surface area contributed by atoms with Gasteiger partial charge in [0, 0.05) is 5.56 Å². The van der Waals surface area contributed by atoms with Crippen LogP contribution in [0.25, 0.3) is 22.0 Å². The number of methoxy groups -OCH3 is 1. The minimum absolute atomic E-state index is 0.173. The Labute approximate surface area is 110 Å². The summed E-state index contributed by atoms with van der Waals surface area (Å²) in [5.74, 6) is 1.01. The van der Waals surface area contributed by atoms with E-state index in [-0.39, 0.29) is 5.95 Å². The van der Waals surface area contributed by atoms with Gasteiger partial charge < -0.3 is 10.5 Å². The molecule has 0 radical (unpaired) electrons. The third-order valence-electron chi connectivity index (χ3n) is 2.92. The second-order valence-electron chi connectivity index (χ2n) is 4.13. The lowest BCUT2D eigenvalue weighted by Gasteiger charge is -2.05. The smallest absolute Gasteiger partial charge is 0.240 e. The van der Waals surface area contributed by atoms with E-state index in [1.807, 2.05) is 36.4 Å². The molecular formula is C14H12N4O. The van der Waals surface area contributed by atoms with Crippen molar-refractivity contribution in [2.75, 3.05) is 12.8 Å². The normalized spacial score (nSPS) is 10.6. The molecule has 0 unspecified atom stereocenters. The van der Waals surface area contributed by atoms with Crippen LogP contribution in [-0.4, -0.2) is 22.3 Å². The van der Waals surface area contributed by atoms with Crippen molar-refractivity contribution < 1.29 is 4.74 Å². The summed E-state index contributed by atoms with van der Waals surface area (Å²) in [4.78, 5) is 4.16. The number of fused-ring (bicyclic) bond motifs is 1. The largest absolute Gasteiger partial charge is 0.497 e. The fraction of sp³-hybridized carbons (Fsp3) is 0.0714. The van der Waals surface area contributed by atoms with Crippen molar-refractivity contribution in [1.82, 2.24) is 15.2 Å². The first-order valence-corrected chi connectivity index (χ1v) is 5.79. The molecule has 3 aromatic rings. The molecule has 19 heavy (non-hydrogen) atoms. The molecule has 0 fully saturated rings. The average molecular weight is 252 g/mol. The molecule has 0 aliphatic carbocycles. The Morgan fingerprint density at radius 1 is 1.05 bits per heavy atom. The molecule has 2 N–H and O–H groups in total. The lowest BCUT2D eigenvalue weighted by molar-refractivity contribution is 0.415. The fourth-order valence-electron chi connectivity index (χ4n) is 1.97. The first kappa shape index (κ1) is 11.4. The standard InChI is InChI=1S/C14H12N4O/c1-19-12-5-4-9-6-11(3-2-10(9)7-12)13-8-16-18-14(15)17-13/h2-8H,1H3,(H2,15,17,18). The van der Waals surface area contributed by atoms with Crippen molar-refractivity contribution in [1.29, 1.82) is 0 Å². The summed E-state index contributed by atoms with van der Waals surface area (Å²) in [6.45, 7) is 0. The quantitative estimate of drug-likeness (QED) is 0.757. The maximum atomic E-state index is 5.55. The molecule has 0 spiro atoms. The molecule has 0 saturated heterocycles. The van der Waals surface area contributed by atoms with Crippen LogP contribution in [0.15, 0.2) is 42.6 Å². The molecule has 0 atom stereocenters. The Balaban J connectivity index is 2.11. The van der Waals surface area contributed by atoms with Crippen LogP contribution in [0.4, 0.5) is 5.95 Å². The monoisotopic (exact) mass is 252 g/mol. The number of ether oxygens (including phenoxy) is 1. The summed E-state index contributed by atoms with van der Waals surface area (Å²) in [7, 11) is 1.66. The highest BCUT2D eigenvalue weighted by Gasteiger charge is 2.03. The summed E-state index contributed by atoms with van der Waals surface area (Å²) >= 11 is 0. The highest BCUT2D eigenvalue weighted by molar-refractivity contribution is 5.87. The SMILES string of the molecule is COc1ccc2cc(-c3cnnc(N)n3)ccc2c1. The lowest BCUT2D eigenvalue weighted by atomic mass is 10.1. The Bertz CT molecular complexity index is 742. The van der Waals surface area contributed by atoms with Crippen LogP contribution >= 0.6 is 0 Å². The lowest BCUT2D eigenvalue weighted by Crippen LogP contribution is -1.97. The highest BCUT2D eigenvalue weighted by Crippen LogP contribution is 2.25. The Kier molecular flexibility index (Phi) is 2.72. The van der Waals surface area contributed by atoms with Gasteiger partial charge in [-0.1, -0.05) is 18.2 Å². The van der Waals surface area contributed by atoms with Gasteiger partial charge in [0.25, 0.3) is 0 Å². The van der Waals surface area contributed by atoms with E-state index in [0.717, 1.165) is 22.1 Å². The summed E-state index contributed by atoms with van der Waals surface area (Å²) in [6, 6.07) is 12.0. The van der Waals surface area contributed by atoms with E-state index in [0.29, 0.717) is 5.69 Å². The van der Waals surface area contributed by atoms with Gasteiger partial charge in [-0.2, -0.15) is 5.10 Å². The number of nitrogens with two attached hydrogens (primary N) is 1. The zero-order valence-electron chi connectivity index (χ0n) is 10.4. The van der Waals surface area contributed by atoms with E-state index in [9.17, 15) is 0 Å². The number of hydrogen-bond donors (Lipinski definition) is 1. The van der Waals surface area contributed by atoms with E-state index in [4.69, 9.17) is 10.5 Å². The Morgan fingerprint density at radius 3 is 2.63 bits per heavy atom. The second-order valence-corrected chi connectivity index (χ2v) is 4.13. The topological polar surface area (TPSA) is 73.9 Å². The van der Waals surface area contributed by atoms with Crippen LogP contribution in [0.1, 0.15) is 0 Å². The first-order valence-electron chi connectivity index (χ1n) is 5.79. The number of rotatable bonds is 2. The molecule has 0 bridgehead atoms. The molecule has 0 aliphatic rings. The van der Waals surface area contributed by atoms with E-state index in [1.165, 1.54) is 0 Å². The van der Waals surface area contributed by atoms with Gasteiger partial charge in [0.05, 0.1) is 19.0 Å². The first-order chi connectivity index (χ1) is 9.26. The van der Waals surface area contributed by atoms with Gasteiger partial charge in [-0.05, 0) is 29.0 Å². The van der Waals surface area contributed by atoms with Crippen LogP contribution < -0.4 is 10.5 Å². The molecule has 5 heteroatoms. The van der Waals surface area contributed by atoms with Crippen molar-refractivity contribution in [2.24, 2.45) is 0 Å². The van der Waals surface area contributed by atoms with Crippen molar-refractivity contribution in [3.8, 4) is 17.0 Å². The molecule has 0 amide bonds. The van der Waals surface area contributed by atoms with Gasteiger partial charge in [0.2, 0.25) is 5.95 Å². The van der Waals surface area contributed by atoms with Crippen LogP contribution in [0.2, 0.25) is 0 Å². The van der Waals surface area contributed by atoms with Crippen LogP contribution in [0.5, 0.6) is 5.75 Å². The predicted molar refractivity (Wildman–Crippen MR) is 73.7 cm³/mol. The number of aromatic nitrogens is 3. The number of nitrogen functional groups attached to an aromatic ring is 1. The molecule has 5 nitrogen and oxygen atoms in total. The van der Waals surface area contributed by atoms with Crippen molar-refractivity contribution in [3.05, 3.63) is 42.6 Å². The minimum Gasteiger partial charge on any atom is -0.497 e. The average Bonchev–Trinajstić information content (AvgIpc) is 2.46. The van der Waals surface area contributed by atoms with Crippen molar-refractivity contribution >= 4 is 16.7 Å². The minimum atomic E-state index is 0.173. The Hall–Kier alpha value is -2.69. The van der Waals surface area contributed by atoms with E-state index < -0.39 is 0 Å². The van der Waals surface area contributed by atoms with E-state index >= 15 is 0 Å². The van der Waals surface area contributed by atoms with Crippen LogP contribution in [-0.2, 0) is 0 Å². The summed E-state index contributed by atoms with van der Waals surface area (Å²) < 4.78 is 5.21. The number of anilines is 1. The maximum Gasteiger partial charge on any atom is 0.240 e. The fourth-order valence-corrected chi connectivity index (χ4v) is 1.97. The van der Waals surface area contributed by atoms with Crippen LogP contribution in [0.3, 0.4) is 0 Å². The van der Waals surface area contributed by atoms with Gasteiger partial charge in [-0.15, -0.1) is 5.10 Å². The van der Waals surface area contributed by atoms with Crippen molar-refractivity contribution in [2.45, 2.75) is 0 Å². The summed E-state index contributed by atoms with van der Waals surface area (Å²) in [5, 5.41) is 9.68. The molecular weight excluding hydrogens is 240 g/mol. The maximum absolute atomic E-state index is 5.55. The molecule has 1 heterocycles. The predicted octanol–water partition coefficient (Wildman–Crippen LogP) is 2.28. The highest BCUT2D eigenvalue weighted by atomic mass is 16.5. The molecule has 0 aliphatic heterocycles. The number of hydrogen-bond acceptors (Lipinski definition) is 5. The Morgan fingerprint density at radius 2 is 1.84 bits per heavy atom. The summed E-state index contributed by atoms with van der Waals surface area (Å²) in [6.07, 6.45) is 1.60.